The fourth-order valence-electron chi connectivity index (χ4n) is 3.48. The molecule has 0 spiro atoms. The first-order chi connectivity index (χ1) is 14.8. The molecule has 8 nitrogen and oxygen atoms in total. The molecule has 0 aliphatic rings. The Hall–Kier alpha value is -3.68. The predicted molar refractivity (Wildman–Crippen MR) is 125 cm³/mol. The monoisotopic (exact) mass is 420 g/mol. The van der Waals surface area contributed by atoms with Gasteiger partial charge in [0.05, 0.1) is 6.21 Å². The normalized spacial score (nSPS) is 11.5. The zero-order valence-electron chi connectivity index (χ0n) is 18.5. The standard InChI is InChI=1S/C23H28N6O2/c1-15(2)29(16(3)4)21-19(22(30)28-14-17(5)11-12-20(28)26-21)13-24-27-23(31)25-18-9-7-6-8-10-18/h6-16H,1-5H3,(H2,25,27,31)/b24-13-. The number of carbonyl (C=O) groups is 1. The number of anilines is 2. The van der Waals surface area contributed by atoms with Gasteiger partial charge < -0.3 is 10.2 Å². The largest absolute Gasteiger partial charge is 0.351 e. The van der Waals surface area contributed by atoms with Crippen LogP contribution >= 0.6 is 0 Å². The lowest BCUT2D eigenvalue weighted by Gasteiger charge is -2.32. The van der Waals surface area contributed by atoms with Gasteiger partial charge in [0, 0.05) is 24.0 Å². The van der Waals surface area contributed by atoms with E-state index in [2.05, 4.69) is 20.7 Å². The fraction of sp³-hybridized carbons (Fsp3) is 0.304. The highest BCUT2D eigenvalue weighted by Gasteiger charge is 2.22. The number of nitrogens with one attached hydrogen (secondary N) is 2. The van der Waals surface area contributed by atoms with Crippen molar-refractivity contribution >= 4 is 29.4 Å². The Bertz CT molecular complexity index is 1140. The van der Waals surface area contributed by atoms with Crippen LogP contribution in [0.25, 0.3) is 5.65 Å². The summed E-state index contributed by atoms with van der Waals surface area (Å²) >= 11 is 0. The van der Waals surface area contributed by atoms with Gasteiger partial charge >= 0.3 is 6.03 Å². The lowest BCUT2D eigenvalue weighted by Crippen LogP contribution is -2.40. The van der Waals surface area contributed by atoms with Crippen LogP contribution in [0.2, 0.25) is 0 Å². The number of benzene rings is 1. The lowest BCUT2D eigenvalue weighted by atomic mass is 10.2. The molecule has 0 saturated carbocycles. The van der Waals surface area contributed by atoms with Gasteiger partial charge in [-0.15, -0.1) is 0 Å². The third-order valence-electron chi connectivity index (χ3n) is 4.73. The molecular formula is C23H28N6O2. The minimum atomic E-state index is -0.502. The number of para-hydroxylation sites is 1. The second-order valence-corrected chi connectivity index (χ2v) is 7.87. The van der Waals surface area contributed by atoms with Crippen molar-refractivity contribution in [3.05, 3.63) is 70.1 Å². The first-order valence-electron chi connectivity index (χ1n) is 10.2. The molecule has 2 aromatic heterocycles. The molecule has 0 bridgehead atoms. The molecule has 0 aliphatic heterocycles. The number of hydrogen-bond donors (Lipinski definition) is 2. The number of aryl methyl sites for hydroxylation is 1. The number of nitrogens with zero attached hydrogens (tertiary/aromatic N) is 4. The summed E-state index contributed by atoms with van der Waals surface area (Å²) in [5.41, 5.74) is 4.62. The zero-order chi connectivity index (χ0) is 22.5. The number of pyridine rings is 1. The third-order valence-corrected chi connectivity index (χ3v) is 4.73. The Labute approximate surface area is 181 Å². The van der Waals surface area contributed by atoms with E-state index < -0.39 is 6.03 Å². The molecule has 0 saturated heterocycles. The number of rotatable bonds is 6. The molecule has 2 N–H and O–H groups in total. The van der Waals surface area contributed by atoms with Crippen molar-refractivity contribution < 1.29 is 4.79 Å². The predicted octanol–water partition coefficient (Wildman–Crippen LogP) is 3.78. The molecule has 0 radical (unpaired) electrons. The summed E-state index contributed by atoms with van der Waals surface area (Å²) < 4.78 is 1.50. The van der Waals surface area contributed by atoms with Gasteiger partial charge in [-0.05, 0) is 58.4 Å². The van der Waals surface area contributed by atoms with Crippen molar-refractivity contribution in [3.63, 3.8) is 0 Å². The van der Waals surface area contributed by atoms with Crippen molar-refractivity contribution in [2.75, 3.05) is 10.2 Å². The van der Waals surface area contributed by atoms with Crippen LogP contribution in [0.1, 0.15) is 38.8 Å². The van der Waals surface area contributed by atoms with E-state index in [0.29, 0.717) is 22.7 Å². The smallest absolute Gasteiger partial charge is 0.339 e. The first kappa shape index (κ1) is 22.0. The quantitative estimate of drug-likeness (QED) is 0.469. The van der Waals surface area contributed by atoms with E-state index in [4.69, 9.17) is 4.98 Å². The molecule has 0 atom stereocenters. The molecule has 8 heteroatoms. The zero-order valence-corrected chi connectivity index (χ0v) is 18.5. The Kier molecular flexibility index (Phi) is 6.69. The Morgan fingerprint density at radius 2 is 1.77 bits per heavy atom. The molecule has 0 fully saturated rings. The molecule has 162 valence electrons. The van der Waals surface area contributed by atoms with Crippen molar-refractivity contribution in [2.45, 2.75) is 46.7 Å². The molecule has 0 aliphatic carbocycles. The molecule has 3 rings (SSSR count). The molecule has 0 unspecified atom stereocenters. The maximum atomic E-state index is 13.3. The average molecular weight is 421 g/mol. The number of hydrazone groups is 1. The summed E-state index contributed by atoms with van der Waals surface area (Å²) in [6.45, 7) is 10.1. The van der Waals surface area contributed by atoms with Crippen molar-refractivity contribution in [1.29, 1.82) is 0 Å². The Balaban J connectivity index is 1.99. The second-order valence-electron chi connectivity index (χ2n) is 7.87. The Morgan fingerprint density at radius 1 is 1.10 bits per heavy atom. The summed E-state index contributed by atoms with van der Waals surface area (Å²) in [4.78, 5) is 32.2. The molecule has 2 amide bonds. The minimum absolute atomic E-state index is 0.112. The van der Waals surface area contributed by atoms with Crippen LogP contribution < -0.4 is 21.2 Å². The molecule has 31 heavy (non-hydrogen) atoms. The van der Waals surface area contributed by atoms with Crippen LogP contribution in [0.15, 0.2) is 58.6 Å². The highest BCUT2D eigenvalue weighted by molar-refractivity contribution is 5.91. The molecule has 3 aromatic rings. The summed E-state index contributed by atoms with van der Waals surface area (Å²) in [7, 11) is 0. The van der Waals surface area contributed by atoms with Gasteiger partial charge in [-0.2, -0.15) is 5.10 Å². The number of fused-ring (bicyclic) bond motifs is 1. The summed E-state index contributed by atoms with van der Waals surface area (Å²) in [6, 6.07) is 12.5. The lowest BCUT2D eigenvalue weighted by molar-refractivity contribution is 0.252. The van der Waals surface area contributed by atoms with Gasteiger partial charge in [0.1, 0.15) is 17.0 Å². The van der Waals surface area contributed by atoms with Crippen LogP contribution in [-0.2, 0) is 0 Å². The van der Waals surface area contributed by atoms with Gasteiger partial charge in [-0.1, -0.05) is 24.3 Å². The molecule has 1 aromatic carbocycles. The van der Waals surface area contributed by atoms with Crippen LogP contribution in [-0.4, -0.2) is 33.7 Å². The maximum Gasteiger partial charge on any atom is 0.339 e. The van der Waals surface area contributed by atoms with Gasteiger partial charge in [0.25, 0.3) is 5.56 Å². The van der Waals surface area contributed by atoms with Crippen molar-refractivity contribution in [2.24, 2.45) is 5.10 Å². The summed E-state index contributed by atoms with van der Waals surface area (Å²) in [5, 5.41) is 6.70. The van der Waals surface area contributed by atoms with Crippen molar-refractivity contribution in [3.8, 4) is 0 Å². The van der Waals surface area contributed by atoms with Gasteiger partial charge in [-0.25, -0.2) is 15.2 Å². The number of amides is 2. The third kappa shape index (κ3) is 5.09. The van der Waals surface area contributed by atoms with Crippen LogP contribution in [0.5, 0.6) is 0 Å². The van der Waals surface area contributed by atoms with Gasteiger partial charge in [0.15, 0.2) is 0 Å². The highest BCUT2D eigenvalue weighted by Crippen LogP contribution is 2.21. The van der Waals surface area contributed by atoms with Gasteiger partial charge in [0.2, 0.25) is 0 Å². The van der Waals surface area contributed by atoms with Gasteiger partial charge in [-0.3, -0.25) is 9.20 Å². The number of aromatic nitrogens is 2. The van der Waals surface area contributed by atoms with E-state index in [0.717, 1.165) is 5.56 Å². The van der Waals surface area contributed by atoms with Crippen molar-refractivity contribution in [1.82, 2.24) is 14.8 Å². The fourth-order valence-corrected chi connectivity index (χ4v) is 3.48. The first-order valence-corrected chi connectivity index (χ1v) is 10.2. The highest BCUT2D eigenvalue weighted by atomic mass is 16.2. The summed E-state index contributed by atoms with van der Waals surface area (Å²) in [6.07, 6.45) is 3.11. The van der Waals surface area contributed by atoms with Crippen LogP contribution in [0.4, 0.5) is 16.3 Å². The van der Waals surface area contributed by atoms with E-state index in [1.165, 1.54) is 10.6 Å². The van der Waals surface area contributed by atoms with Crippen LogP contribution in [0.3, 0.4) is 0 Å². The minimum Gasteiger partial charge on any atom is -0.351 e. The van der Waals surface area contributed by atoms with E-state index in [9.17, 15) is 9.59 Å². The van der Waals surface area contributed by atoms with Crippen LogP contribution in [0, 0.1) is 6.92 Å². The summed E-state index contributed by atoms with van der Waals surface area (Å²) in [5.74, 6) is 0.535. The average Bonchev–Trinajstić information content (AvgIpc) is 2.71. The van der Waals surface area contributed by atoms with E-state index in [-0.39, 0.29) is 17.6 Å². The van der Waals surface area contributed by atoms with E-state index in [1.807, 2.05) is 65.0 Å². The number of urea groups is 1. The topological polar surface area (TPSA) is 91.1 Å². The second kappa shape index (κ2) is 9.42. The molecular weight excluding hydrogens is 392 g/mol. The Morgan fingerprint density at radius 3 is 2.42 bits per heavy atom. The molecule has 2 heterocycles. The van der Waals surface area contributed by atoms with E-state index >= 15 is 0 Å². The SMILES string of the molecule is Cc1ccc2nc(N(C(C)C)C(C)C)c(/C=N\NC(=O)Nc3ccccc3)c(=O)n2c1. The maximum absolute atomic E-state index is 13.3. The van der Waals surface area contributed by atoms with E-state index in [1.54, 1.807) is 18.3 Å². The number of hydrogen-bond acceptors (Lipinski definition) is 5. The number of carbonyl (C=O) groups excluding carboxylic acids is 1.